The zero-order chi connectivity index (χ0) is 16.0. The number of halogens is 4. The number of carbonyl (C=O) groups excluding carboxylic acids is 1. The summed E-state index contributed by atoms with van der Waals surface area (Å²) in [5.41, 5.74) is 5.35. The van der Waals surface area contributed by atoms with Crippen molar-refractivity contribution in [2.75, 3.05) is 13.2 Å². The number of hydrogen-bond acceptors (Lipinski definition) is 4. The minimum absolute atomic E-state index is 0.00607. The van der Waals surface area contributed by atoms with Gasteiger partial charge < -0.3 is 10.5 Å². The third-order valence-corrected chi connectivity index (χ3v) is 3.23. The zero-order valence-corrected chi connectivity index (χ0v) is 12.9. The normalized spacial score (nSPS) is 14.6. The van der Waals surface area contributed by atoms with Crippen molar-refractivity contribution in [1.82, 2.24) is 5.32 Å². The Morgan fingerprint density at radius 2 is 1.95 bits per heavy atom. The lowest BCUT2D eigenvalue weighted by atomic mass is 10.1. The minimum atomic E-state index is -4.56. The van der Waals surface area contributed by atoms with Gasteiger partial charge in [-0.2, -0.15) is 13.2 Å². The van der Waals surface area contributed by atoms with Crippen LogP contribution < -0.4 is 11.1 Å². The largest absolute Gasteiger partial charge is 0.465 e. The van der Waals surface area contributed by atoms with Gasteiger partial charge in [0.1, 0.15) is 12.1 Å². The third-order valence-electron chi connectivity index (χ3n) is 2.71. The molecule has 1 aromatic carbocycles. The summed E-state index contributed by atoms with van der Waals surface area (Å²) in [7, 11) is 0. The van der Waals surface area contributed by atoms with Gasteiger partial charge in [0.2, 0.25) is 0 Å². The van der Waals surface area contributed by atoms with Crippen LogP contribution in [0.2, 0.25) is 0 Å². The molecule has 0 aliphatic carbocycles. The Morgan fingerprint density at radius 3 is 2.38 bits per heavy atom. The molecule has 0 fully saturated rings. The number of rotatable bonds is 6. The van der Waals surface area contributed by atoms with Crippen LogP contribution in [0.1, 0.15) is 18.5 Å². The van der Waals surface area contributed by atoms with Crippen molar-refractivity contribution in [2.24, 2.45) is 5.73 Å². The van der Waals surface area contributed by atoms with E-state index >= 15 is 0 Å². The topological polar surface area (TPSA) is 64.3 Å². The highest BCUT2D eigenvalue weighted by Crippen LogP contribution is 2.33. The molecule has 2 atom stereocenters. The van der Waals surface area contributed by atoms with Gasteiger partial charge in [-0.05, 0) is 24.6 Å². The average molecular weight is 369 g/mol. The van der Waals surface area contributed by atoms with E-state index in [2.05, 4.69) is 21.2 Å². The summed E-state index contributed by atoms with van der Waals surface area (Å²) in [5.74, 6) is -0.800. The zero-order valence-electron chi connectivity index (χ0n) is 11.3. The van der Waals surface area contributed by atoms with Gasteiger partial charge in [0, 0.05) is 11.0 Å². The van der Waals surface area contributed by atoms with E-state index in [1.807, 2.05) is 0 Å². The molecule has 1 rings (SSSR count). The standard InChI is InChI=1S/C13H16BrF3N2O2/c1-2-21-12(20)10(7-18)19-11(13(15,16)17)8-3-5-9(14)6-4-8/h3-6,10-11,19H,2,7,18H2,1H3/t10-,11-/m0/s1. The molecule has 21 heavy (non-hydrogen) atoms. The van der Waals surface area contributed by atoms with E-state index in [0.29, 0.717) is 4.47 Å². The second-order valence-electron chi connectivity index (χ2n) is 4.23. The van der Waals surface area contributed by atoms with Crippen molar-refractivity contribution in [3.63, 3.8) is 0 Å². The Bertz CT molecular complexity index is 465. The second-order valence-corrected chi connectivity index (χ2v) is 5.15. The van der Waals surface area contributed by atoms with Crippen LogP contribution in [0, 0.1) is 0 Å². The summed E-state index contributed by atoms with van der Waals surface area (Å²) in [4.78, 5) is 11.6. The van der Waals surface area contributed by atoms with E-state index in [1.165, 1.54) is 24.3 Å². The van der Waals surface area contributed by atoms with Gasteiger partial charge in [-0.3, -0.25) is 10.1 Å². The lowest BCUT2D eigenvalue weighted by molar-refractivity contribution is -0.164. The summed E-state index contributed by atoms with van der Waals surface area (Å²) >= 11 is 3.16. The second kappa shape index (κ2) is 7.77. The highest BCUT2D eigenvalue weighted by atomic mass is 79.9. The quantitative estimate of drug-likeness (QED) is 0.757. The molecule has 0 amide bonds. The van der Waals surface area contributed by atoms with Gasteiger partial charge in [-0.25, -0.2) is 0 Å². The lowest BCUT2D eigenvalue weighted by Gasteiger charge is -2.26. The number of nitrogens with two attached hydrogens (primary N) is 1. The first-order valence-corrected chi connectivity index (χ1v) is 7.03. The molecule has 0 saturated heterocycles. The number of carbonyl (C=O) groups is 1. The van der Waals surface area contributed by atoms with E-state index in [1.54, 1.807) is 6.92 Å². The first-order valence-electron chi connectivity index (χ1n) is 6.24. The fraction of sp³-hybridized carbons (Fsp3) is 0.462. The predicted octanol–water partition coefficient (Wildman–Crippen LogP) is 2.53. The van der Waals surface area contributed by atoms with Crippen molar-refractivity contribution >= 4 is 21.9 Å². The molecule has 4 nitrogen and oxygen atoms in total. The number of benzene rings is 1. The summed E-state index contributed by atoms with van der Waals surface area (Å²) < 4.78 is 44.9. The van der Waals surface area contributed by atoms with Crippen LogP contribution in [0.25, 0.3) is 0 Å². The molecule has 0 aromatic heterocycles. The average Bonchev–Trinajstić information content (AvgIpc) is 2.40. The first kappa shape index (κ1) is 17.9. The summed E-state index contributed by atoms with van der Waals surface area (Å²) in [5, 5.41) is 2.22. The first-order chi connectivity index (χ1) is 9.79. The molecule has 8 heteroatoms. The Labute approximate surface area is 129 Å². The van der Waals surface area contributed by atoms with Gasteiger partial charge in [0.25, 0.3) is 0 Å². The maximum Gasteiger partial charge on any atom is 0.407 e. The molecule has 0 aliphatic heterocycles. The van der Waals surface area contributed by atoms with E-state index in [9.17, 15) is 18.0 Å². The molecular weight excluding hydrogens is 353 g/mol. The number of alkyl halides is 3. The lowest BCUT2D eigenvalue weighted by Crippen LogP contribution is -2.49. The molecule has 0 saturated carbocycles. The van der Waals surface area contributed by atoms with Crippen molar-refractivity contribution < 1.29 is 22.7 Å². The Morgan fingerprint density at radius 1 is 1.38 bits per heavy atom. The number of nitrogens with one attached hydrogen (secondary N) is 1. The maximum absolute atomic E-state index is 13.2. The molecule has 0 heterocycles. The molecule has 118 valence electrons. The number of esters is 1. The van der Waals surface area contributed by atoms with Crippen molar-refractivity contribution in [2.45, 2.75) is 25.2 Å². The number of ether oxygens (including phenoxy) is 1. The van der Waals surface area contributed by atoms with Crippen molar-refractivity contribution in [1.29, 1.82) is 0 Å². The molecule has 0 aliphatic rings. The van der Waals surface area contributed by atoms with E-state index in [4.69, 9.17) is 10.5 Å². The highest BCUT2D eigenvalue weighted by molar-refractivity contribution is 9.10. The molecular formula is C13H16BrF3N2O2. The monoisotopic (exact) mass is 368 g/mol. The van der Waals surface area contributed by atoms with Crippen LogP contribution in [0.4, 0.5) is 13.2 Å². The smallest absolute Gasteiger partial charge is 0.407 e. The van der Waals surface area contributed by atoms with E-state index < -0.39 is 24.2 Å². The predicted molar refractivity (Wildman–Crippen MR) is 75.5 cm³/mol. The highest BCUT2D eigenvalue weighted by Gasteiger charge is 2.42. The van der Waals surface area contributed by atoms with Gasteiger partial charge in [0.15, 0.2) is 0 Å². The van der Waals surface area contributed by atoms with E-state index in [0.717, 1.165) is 0 Å². The molecule has 0 unspecified atom stereocenters. The summed E-state index contributed by atoms with van der Waals surface area (Å²) in [6.07, 6.45) is -4.56. The van der Waals surface area contributed by atoms with Crippen LogP contribution in [0.15, 0.2) is 28.7 Å². The van der Waals surface area contributed by atoms with Crippen LogP contribution in [-0.2, 0) is 9.53 Å². The summed E-state index contributed by atoms with van der Waals surface area (Å²) in [6, 6.07) is 2.43. The van der Waals surface area contributed by atoms with Crippen LogP contribution >= 0.6 is 15.9 Å². The molecule has 0 bridgehead atoms. The fourth-order valence-electron chi connectivity index (χ4n) is 1.71. The Balaban J connectivity index is 2.98. The van der Waals surface area contributed by atoms with Crippen molar-refractivity contribution in [3.8, 4) is 0 Å². The minimum Gasteiger partial charge on any atom is -0.465 e. The molecule has 0 spiro atoms. The Kier molecular flexibility index (Phi) is 6.63. The molecule has 3 N–H and O–H groups in total. The van der Waals surface area contributed by atoms with Crippen molar-refractivity contribution in [3.05, 3.63) is 34.3 Å². The van der Waals surface area contributed by atoms with Gasteiger partial charge in [0.05, 0.1) is 6.61 Å². The summed E-state index contributed by atoms with van der Waals surface area (Å²) in [6.45, 7) is 1.36. The van der Waals surface area contributed by atoms with Crippen LogP contribution in [-0.4, -0.2) is 31.3 Å². The van der Waals surface area contributed by atoms with E-state index in [-0.39, 0.29) is 18.7 Å². The molecule has 1 aromatic rings. The third kappa shape index (κ3) is 5.29. The van der Waals surface area contributed by atoms with Crippen LogP contribution in [0.5, 0.6) is 0 Å². The van der Waals surface area contributed by atoms with Crippen LogP contribution in [0.3, 0.4) is 0 Å². The Hall–Kier alpha value is -1.12. The fourth-order valence-corrected chi connectivity index (χ4v) is 1.98. The SMILES string of the molecule is CCOC(=O)[C@H](CN)N[C@@H](c1ccc(Br)cc1)C(F)(F)F. The van der Waals surface area contributed by atoms with Gasteiger partial charge in [-0.1, -0.05) is 28.1 Å². The van der Waals surface area contributed by atoms with Gasteiger partial charge in [-0.15, -0.1) is 0 Å². The molecule has 0 radical (unpaired) electrons. The number of hydrogen-bond donors (Lipinski definition) is 2. The maximum atomic E-state index is 13.2. The van der Waals surface area contributed by atoms with Gasteiger partial charge >= 0.3 is 12.1 Å².